The van der Waals surface area contributed by atoms with E-state index in [0.29, 0.717) is 5.56 Å². The maximum Gasteiger partial charge on any atom is 0.244 e. The van der Waals surface area contributed by atoms with Gasteiger partial charge in [-0.15, -0.1) is 0 Å². The Morgan fingerprint density at radius 3 is 2.82 bits per heavy atom. The molecule has 9 heteroatoms. The molecule has 1 amide bonds. The average molecular weight is 326 g/mol. The van der Waals surface area contributed by atoms with E-state index in [0.717, 1.165) is 0 Å². The highest BCUT2D eigenvalue weighted by molar-refractivity contribution is 7.89. The number of rotatable bonds is 6. The van der Waals surface area contributed by atoms with E-state index < -0.39 is 28.3 Å². The fourth-order valence-electron chi connectivity index (χ4n) is 1.69. The van der Waals surface area contributed by atoms with Crippen LogP contribution in [0.2, 0.25) is 0 Å². The quantitative estimate of drug-likeness (QED) is 0.790. The summed E-state index contributed by atoms with van der Waals surface area (Å²) in [6.07, 6.45) is 2.51. The Bertz CT molecular complexity index is 773. The number of carbonyl (C=O) groups is 1. The van der Waals surface area contributed by atoms with Gasteiger partial charge < -0.3 is 5.32 Å². The fourth-order valence-corrected chi connectivity index (χ4v) is 2.66. The van der Waals surface area contributed by atoms with Crippen molar-refractivity contribution >= 4 is 15.9 Å². The van der Waals surface area contributed by atoms with Crippen LogP contribution in [0.15, 0.2) is 41.6 Å². The third kappa shape index (κ3) is 4.37. The van der Waals surface area contributed by atoms with Crippen molar-refractivity contribution in [1.29, 1.82) is 0 Å². The lowest BCUT2D eigenvalue weighted by molar-refractivity contribution is -0.120. The van der Waals surface area contributed by atoms with E-state index in [4.69, 9.17) is 0 Å². The van der Waals surface area contributed by atoms with Gasteiger partial charge in [0.25, 0.3) is 0 Å². The zero-order valence-electron chi connectivity index (χ0n) is 11.8. The molecule has 7 nitrogen and oxygen atoms in total. The van der Waals surface area contributed by atoms with Crippen LogP contribution < -0.4 is 10.0 Å². The summed E-state index contributed by atoms with van der Waals surface area (Å²) >= 11 is 0. The van der Waals surface area contributed by atoms with Crippen molar-refractivity contribution in [2.75, 3.05) is 6.54 Å². The lowest BCUT2D eigenvalue weighted by atomic mass is 10.2. The first kappa shape index (κ1) is 16.1. The summed E-state index contributed by atoms with van der Waals surface area (Å²) in [7, 11) is -2.19. The molecule has 0 fully saturated rings. The minimum atomic E-state index is -3.78. The molecule has 0 atom stereocenters. The van der Waals surface area contributed by atoms with Crippen molar-refractivity contribution in [1.82, 2.24) is 19.8 Å². The zero-order valence-corrected chi connectivity index (χ0v) is 12.6. The number of benzene rings is 1. The van der Waals surface area contributed by atoms with Crippen molar-refractivity contribution in [3.63, 3.8) is 0 Å². The van der Waals surface area contributed by atoms with Crippen molar-refractivity contribution in [3.05, 3.63) is 48.0 Å². The Morgan fingerprint density at radius 1 is 1.41 bits per heavy atom. The van der Waals surface area contributed by atoms with Gasteiger partial charge in [-0.2, -0.15) is 5.10 Å². The molecule has 0 spiro atoms. The summed E-state index contributed by atoms with van der Waals surface area (Å²) in [4.78, 5) is 11.6. The molecular formula is C13H15FN4O3S. The van der Waals surface area contributed by atoms with Gasteiger partial charge in [0.2, 0.25) is 15.9 Å². The van der Waals surface area contributed by atoms with Crippen LogP contribution in [0.4, 0.5) is 4.39 Å². The third-order valence-electron chi connectivity index (χ3n) is 2.79. The highest BCUT2D eigenvalue weighted by atomic mass is 32.2. The second-order valence-electron chi connectivity index (χ2n) is 4.58. The summed E-state index contributed by atoms with van der Waals surface area (Å²) in [6.45, 7) is -0.294. The normalized spacial score (nSPS) is 11.4. The highest BCUT2D eigenvalue weighted by Crippen LogP contribution is 2.05. The predicted octanol–water partition coefficient (Wildman–Crippen LogP) is 0.154. The van der Waals surface area contributed by atoms with Crippen LogP contribution in [0.3, 0.4) is 0 Å². The zero-order chi connectivity index (χ0) is 16.2. The lowest BCUT2D eigenvalue weighted by Crippen LogP contribution is -2.36. The van der Waals surface area contributed by atoms with Gasteiger partial charge in [0.15, 0.2) is 0 Å². The van der Waals surface area contributed by atoms with Gasteiger partial charge in [-0.25, -0.2) is 17.5 Å². The van der Waals surface area contributed by atoms with E-state index in [1.54, 1.807) is 13.1 Å². The molecule has 0 saturated heterocycles. The minimum Gasteiger partial charge on any atom is -0.351 e. The lowest BCUT2D eigenvalue weighted by Gasteiger charge is -2.07. The summed E-state index contributed by atoms with van der Waals surface area (Å²) < 4.78 is 40.2. The van der Waals surface area contributed by atoms with Crippen molar-refractivity contribution < 1.29 is 17.6 Å². The number of halogens is 1. The third-order valence-corrected chi connectivity index (χ3v) is 4.15. The Morgan fingerprint density at radius 2 is 2.18 bits per heavy atom. The molecule has 0 radical (unpaired) electrons. The van der Waals surface area contributed by atoms with Gasteiger partial charge in [-0.05, 0) is 17.7 Å². The first-order valence-corrected chi connectivity index (χ1v) is 7.84. The molecule has 0 aliphatic carbocycles. The minimum absolute atomic E-state index is 0.0204. The van der Waals surface area contributed by atoms with E-state index in [9.17, 15) is 17.6 Å². The molecule has 118 valence electrons. The van der Waals surface area contributed by atoms with Gasteiger partial charge in [-0.1, -0.05) is 12.1 Å². The average Bonchev–Trinajstić information content (AvgIpc) is 2.91. The molecule has 0 aliphatic rings. The molecule has 0 saturated carbocycles. The van der Waals surface area contributed by atoms with Crippen LogP contribution in [-0.4, -0.2) is 30.7 Å². The standard InChI is InChI=1S/C13H15FN4O3S/c1-18-9-12(7-16-18)22(20,21)17-8-13(19)15-6-10-3-2-4-11(14)5-10/h2-5,7,9,17H,6,8H2,1H3,(H,15,19). The number of hydrogen-bond acceptors (Lipinski definition) is 4. The van der Waals surface area contributed by atoms with Crippen LogP contribution in [0, 0.1) is 5.82 Å². The van der Waals surface area contributed by atoms with E-state index in [-0.39, 0.29) is 11.4 Å². The predicted molar refractivity (Wildman–Crippen MR) is 76.6 cm³/mol. The van der Waals surface area contributed by atoms with Crippen LogP contribution in [0.5, 0.6) is 0 Å². The maximum atomic E-state index is 13.0. The number of nitrogens with one attached hydrogen (secondary N) is 2. The number of amides is 1. The molecule has 1 aromatic heterocycles. The molecule has 0 unspecified atom stereocenters. The largest absolute Gasteiger partial charge is 0.351 e. The topological polar surface area (TPSA) is 93.1 Å². The summed E-state index contributed by atoms with van der Waals surface area (Å²) in [6, 6.07) is 5.78. The second kappa shape index (κ2) is 6.67. The first-order valence-electron chi connectivity index (χ1n) is 6.36. The number of aromatic nitrogens is 2. The number of hydrogen-bond donors (Lipinski definition) is 2. The van der Waals surface area contributed by atoms with Gasteiger partial charge in [-0.3, -0.25) is 9.48 Å². The Kier molecular flexibility index (Phi) is 4.88. The SMILES string of the molecule is Cn1cc(S(=O)(=O)NCC(=O)NCc2cccc(F)c2)cn1. The molecule has 1 heterocycles. The Hall–Kier alpha value is -2.26. The molecule has 2 N–H and O–H groups in total. The van der Waals surface area contributed by atoms with Crippen molar-refractivity contribution in [3.8, 4) is 0 Å². The number of carbonyl (C=O) groups excluding carboxylic acids is 1. The summed E-state index contributed by atoms with van der Waals surface area (Å²) in [5.41, 5.74) is 0.587. The Balaban J connectivity index is 1.85. The summed E-state index contributed by atoms with van der Waals surface area (Å²) in [5, 5.41) is 6.26. The van der Waals surface area contributed by atoms with E-state index in [2.05, 4.69) is 15.1 Å². The smallest absolute Gasteiger partial charge is 0.244 e. The number of aryl methyl sites for hydroxylation is 1. The highest BCUT2D eigenvalue weighted by Gasteiger charge is 2.17. The van der Waals surface area contributed by atoms with Gasteiger partial charge >= 0.3 is 0 Å². The van der Waals surface area contributed by atoms with Crippen molar-refractivity contribution in [2.45, 2.75) is 11.4 Å². The number of nitrogens with zero attached hydrogens (tertiary/aromatic N) is 2. The van der Waals surface area contributed by atoms with Gasteiger partial charge in [0.1, 0.15) is 10.7 Å². The molecule has 2 rings (SSSR count). The van der Waals surface area contributed by atoms with Crippen LogP contribution in [0.25, 0.3) is 0 Å². The maximum absolute atomic E-state index is 13.0. The monoisotopic (exact) mass is 326 g/mol. The van der Waals surface area contributed by atoms with Crippen LogP contribution in [0.1, 0.15) is 5.56 Å². The second-order valence-corrected chi connectivity index (χ2v) is 6.35. The van der Waals surface area contributed by atoms with Gasteiger partial charge in [0.05, 0.1) is 12.7 Å². The molecule has 0 aliphatic heterocycles. The molecule has 0 bridgehead atoms. The molecular weight excluding hydrogens is 311 g/mol. The van der Waals surface area contributed by atoms with Crippen LogP contribution in [-0.2, 0) is 28.4 Å². The first-order chi connectivity index (χ1) is 10.4. The van der Waals surface area contributed by atoms with Crippen molar-refractivity contribution in [2.24, 2.45) is 7.05 Å². The summed E-state index contributed by atoms with van der Waals surface area (Å²) in [5.74, 6) is -0.916. The van der Waals surface area contributed by atoms with E-state index in [1.165, 1.54) is 35.3 Å². The molecule has 1 aromatic carbocycles. The number of sulfonamides is 1. The van der Waals surface area contributed by atoms with Crippen LogP contribution >= 0.6 is 0 Å². The Labute approximate surface area is 127 Å². The van der Waals surface area contributed by atoms with Gasteiger partial charge in [0, 0.05) is 19.8 Å². The van der Waals surface area contributed by atoms with E-state index >= 15 is 0 Å². The fraction of sp³-hybridized carbons (Fsp3) is 0.231. The van der Waals surface area contributed by atoms with E-state index in [1.807, 2.05) is 0 Å². The molecule has 2 aromatic rings. The molecule has 22 heavy (non-hydrogen) atoms.